The molecule has 1 aliphatic carbocycles. The van der Waals surface area contributed by atoms with Gasteiger partial charge in [-0.2, -0.15) is 5.10 Å². The lowest BCUT2D eigenvalue weighted by atomic mass is 9.78. The second kappa shape index (κ2) is 8.66. The van der Waals surface area contributed by atoms with E-state index in [9.17, 15) is 14.7 Å². The Morgan fingerprint density at radius 2 is 2.00 bits per heavy atom. The molecule has 27 heavy (non-hydrogen) atoms. The lowest BCUT2D eigenvalue weighted by Crippen LogP contribution is -2.35. The fourth-order valence-corrected chi connectivity index (χ4v) is 3.59. The third-order valence-corrected chi connectivity index (χ3v) is 4.82. The summed E-state index contributed by atoms with van der Waals surface area (Å²) in [6, 6.07) is 9.29. The first-order chi connectivity index (χ1) is 13.1. The van der Waals surface area contributed by atoms with Crippen LogP contribution in [0.4, 0.5) is 0 Å². The van der Waals surface area contributed by atoms with E-state index in [-0.39, 0.29) is 30.9 Å². The zero-order valence-electron chi connectivity index (χ0n) is 15.3. The van der Waals surface area contributed by atoms with Crippen LogP contribution in [-0.2, 0) is 22.7 Å². The van der Waals surface area contributed by atoms with Gasteiger partial charge in [-0.05, 0) is 25.0 Å². The summed E-state index contributed by atoms with van der Waals surface area (Å²) in [6.07, 6.45) is 3.51. The van der Waals surface area contributed by atoms with Crippen LogP contribution in [0.1, 0.15) is 43.3 Å². The molecule has 2 aromatic rings. The van der Waals surface area contributed by atoms with E-state index in [1.54, 1.807) is 7.05 Å². The van der Waals surface area contributed by atoms with E-state index in [0.29, 0.717) is 17.4 Å². The molecule has 1 saturated carbocycles. The zero-order valence-corrected chi connectivity index (χ0v) is 15.3. The second-order valence-corrected chi connectivity index (χ2v) is 6.65. The van der Waals surface area contributed by atoms with Gasteiger partial charge in [0.25, 0.3) is 0 Å². The van der Waals surface area contributed by atoms with Crippen molar-refractivity contribution in [2.24, 2.45) is 5.92 Å². The summed E-state index contributed by atoms with van der Waals surface area (Å²) < 4.78 is 7.08. The Bertz CT molecular complexity index is 790. The lowest BCUT2D eigenvalue weighted by molar-refractivity contribution is -0.138. The van der Waals surface area contributed by atoms with E-state index < -0.39 is 5.97 Å². The number of ether oxygens (including phenoxy) is 1. The van der Waals surface area contributed by atoms with Crippen LogP contribution in [0.15, 0.2) is 30.3 Å². The first-order valence-corrected chi connectivity index (χ1v) is 9.13. The Morgan fingerprint density at radius 3 is 2.70 bits per heavy atom. The number of nitrogens with zero attached hydrogens (tertiary/aromatic N) is 3. The molecule has 0 radical (unpaired) electrons. The number of hydrogen-bond acceptors (Lipinski definition) is 5. The smallest absolute Gasteiger partial charge is 0.325 e. The standard InChI is InChI=1S/C19H24N4O4/c1-20-19(26)15-10-6-5-9-14(15)18-21-16(22-23(18)11-17(24)25)12-27-13-7-3-2-4-8-13/h2-4,7-8,14-15H,5-6,9-12H2,1H3,(H,20,26)(H,24,25)/t14-,15+/m0/s1. The molecule has 8 heteroatoms. The van der Waals surface area contributed by atoms with Crippen molar-refractivity contribution in [1.82, 2.24) is 20.1 Å². The first-order valence-electron chi connectivity index (χ1n) is 9.13. The highest BCUT2D eigenvalue weighted by Crippen LogP contribution is 2.37. The highest BCUT2D eigenvalue weighted by Gasteiger charge is 2.35. The van der Waals surface area contributed by atoms with Gasteiger partial charge in [-0.25, -0.2) is 9.67 Å². The fourth-order valence-electron chi connectivity index (χ4n) is 3.59. The molecule has 1 aromatic heterocycles. The molecule has 0 unspecified atom stereocenters. The van der Waals surface area contributed by atoms with E-state index in [1.165, 1.54) is 4.68 Å². The number of para-hydroxylation sites is 1. The summed E-state index contributed by atoms with van der Waals surface area (Å²) in [5.41, 5.74) is 0. The number of rotatable bonds is 7. The minimum Gasteiger partial charge on any atom is -0.486 e. The first kappa shape index (κ1) is 18.9. The van der Waals surface area contributed by atoms with Gasteiger partial charge in [-0.15, -0.1) is 0 Å². The molecule has 1 amide bonds. The molecule has 3 rings (SSSR count). The minimum absolute atomic E-state index is 0.0355. The number of hydrogen-bond donors (Lipinski definition) is 2. The molecule has 1 heterocycles. The van der Waals surface area contributed by atoms with Crippen LogP contribution in [0.25, 0.3) is 0 Å². The van der Waals surface area contributed by atoms with Crippen LogP contribution < -0.4 is 10.1 Å². The Morgan fingerprint density at radius 1 is 1.26 bits per heavy atom. The van der Waals surface area contributed by atoms with Crippen molar-refractivity contribution in [1.29, 1.82) is 0 Å². The van der Waals surface area contributed by atoms with Crippen molar-refractivity contribution < 1.29 is 19.4 Å². The van der Waals surface area contributed by atoms with Crippen molar-refractivity contribution in [3.63, 3.8) is 0 Å². The Kier molecular flexibility index (Phi) is 6.05. The number of carboxylic acids is 1. The van der Waals surface area contributed by atoms with Gasteiger partial charge >= 0.3 is 5.97 Å². The minimum atomic E-state index is -0.996. The molecular weight excluding hydrogens is 348 g/mol. The third kappa shape index (κ3) is 4.64. The van der Waals surface area contributed by atoms with Crippen LogP contribution in [0.2, 0.25) is 0 Å². The predicted octanol–water partition coefficient (Wildman–Crippen LogP) is 1.96. The maximum Gasteiger partial charge on any atom is 0.325 e. The molecule has 0 aliphatic heterocycles. The Balaban J connectivity index is 1.84. The van der Waals surface area contributed by atoms with Gasteiger partial charge in [0.1, 0.15) is 24.7 Å². The SMILES string of the molecule is CNC(=O)[C@@H]1CCCC[C@@H]1c1nc(COc2ccccc2)nn1CC(=O)O. The number of nitrogens with one attached hydrogen (secondary N) is 1. The van der Waals surface area contributed by atoms with Crippen molar-refractivity contribution >= 4 is 11.9 Å². The fraction of sp³-hybridized carbons (Fsp3) is 0.474. The van der Waals surface area contributed by atoms with Gasteiger partial charge < -0.3 is 15.2 Å². The molecule has 1 fully saturated rings. The van der Waals surface area contributed by atoms with Crippen LogP contribution >= 0.6 is 0 Å². The number of carboxylic acid groups (broad SMARTS) is 1. The molecule has 2 N–H and O–H groups in total. The summed E-state index contributed by atoms with van der Waals surface area (Å²) in [5.74, 6) is 0.262. The van der Waals surface area contributed by atoms with Gasteiger partial charge in [0.05, 0.1) is 0 Å². The normalized spacial score (nSPS) is 19.4. The molecule has 0 spiro atoms. The number of aliphatic carboxylic acids is 1. The zero-order chi connectivity index (χ0) is 19.2. The van der Waals surface area contributed by atoms with Gasteiger partial charge in [-0.1, -0.05) is 31.0 Å². The van der Waals surface area contributed by atoms with Gasteiger partial charge in [-0.3, -0.25) is 9.59 Å². The number of carbonyl (C=O) groups is 2. The topological polar surface area (TPSA) is 106 Å². The number of aromatic nitrogens is 3. The molecule has 8 nitrogen and oxygen atoms in total. The number of benzene rings is 1. The summed E-state index contributed by atoms with van der Waals surface area (Å²) in [7, 11) is 1.62. The highest BCUT2D eigenvalue weighted by molar-refractivity contribution is 5.79. The number of amides is 1. The summed E-state index contributed by atoms with van der Waals surface area (Å²) in [4.78, 5) is 28.1. The van der Waals surface area contributed by atoms with E-state index in [4.69, 9.17) is 4.74 Å². The molecule has 0 bridgehead atoms. The predicted molar refractivity (Wildman–Crippen MR) is 97.2 cm³/mol. The van der Waals surface area contributed by atoms with Gasteiger partial charge in [0, 0.05) is 18.9 Å². The molecule has 1 aliphatic rings. The van der Waals surface area contributed by atoms with E-state index >= 15 is 0 Å². The summed E-state index contributed by atoms with van der Waals surface area (Å²) in [6.45, 7) is -0.147. The second-order valence-electron chi connectivity index (χ2n) is 6.65. The molecule has 144 valence electrons. The average Bonchev–Trinajstić information content (AvgIpc) is 3.08. The highest BCUT2D eigenvalue weighted by atomic mass is 16.5. The van der Waals surface area contributed by atoms with Crippen molar-refractivity contribution in [3.8, 4) is 5.75 Å². The molecule has 2 atom stereocenters. The maximum absolute atomic E-state index is 12.3. The molecule has 1 aromatic carbocycles. The lowest BCUT2D eigenvalue weighted by Gasteiger charge is -2.29. The average molecular weight is 372 g/mol. The summed E-state index contributed by atoms with van der Waals surface area (Å²) in [5, 5.41) is 16.3. The van der Waals surface area contributed by atoms with Crippen molar-refractivity contribution in [2.45, 2.75) is 44.8 Å². The molecular formula is C19H24N4O4. The van der Waals surface area contributed by atoms with Crippen LogP contribution in [0.3, 0.4) is 0 Å². The third-order valence-electron chi connectivity index (χ3n) is 4.82. The monoisotopic (exact) mass is 372 g/mol. The Labute approximate surface area is 157 Å². The van der Waals surface area contributed by atoms with Gasteiger partial charge in [0.2, 0.25) is 5.91 Å². The van der Waals surface area contributed by atoms with Crippen molar-refractivity contribution in [3.05, 3.63) is 42.0 Å². The van der Waals surface area contributed by atoms with E-state index in [1.807, 2.05) is 30.3 Å². The quantitative estimate of drug-likeness (QED) is 0.769. The van der Waals surface area contributed by atoms with E-state index in [0.717, 1.165) is 25.7 Å². The van der Waals surface area contributed by atoms with Gasteiger partial charge in [0.15, 0.2) is 5.82 Å². The number of carbonyl (C=O) groups excluding carboxylic acids is 1. The van der Waals surface area contributed by atoms with Crippen LogP contribution in [0.5, 0.6) is 5.75 Å². The van der Waals surface area contributed by atoms with Crippen LogP contribution in [0, 0.1) is 5.92 Å². The van der Waals surface area contributed by atoms with E-state index in [2.05, 4.69) is 15.4 Å². The molecule has 0 saturated heterocycles. The van der Waals surface area contributed by atoms with Crippen molar-refractivity contribution in [2.75, 3.05) is 7.05 Å². The largest absolute Gasteiger partial charge is 0.486 e. The Hall–Kier alpha value is -2.90. The van der Waals surface area contributed by atoms with Crippen LogP contribution in [-0.4, -0.2) is 38.8 Å². The summed E-state index contributed by atoms with van der Waals surface area (Å²) >= 11 is 0. The maximum atomic E-state index is 12.3.